The second kappa shape index (κ2) is 8.97. The quantitative estimate of drug-likeness (QED) is 0.808. The molecule has 2 N–H and O–H groups in total. The van der Waals surface area contributed by atoms with Crippen molar-refractivity contribution < 1.29 is 18.1 Å². The lowest BCUT2D eigenvalue weighted by Gasteiger charge is -2.25. The van der Waals surface area contributed by atoms with E-state index in [0.29, 0.717) is 30.2 Å². The summed E-state index contributed by atoms with van der Waals surface area (Å²) in [7, 11) is -3.42. The van der Waals surface area contributed by atoms with E-state index in [4.69, 9.17) is 0 Å². The van der Waals surface area contributed by atoms with Crippen LogP contribution in [0.3, 0.4) is 0 Å². The summed E-state index contributed by atoms with van der Waals surface area (Å²) in [6.45, 7) is 3.79. The van der Waals surface area contributed by atoms with Gasteiger partial charge in [0.05, 0.1) is 18.0 Å². The van der Waals surface area contributed by atoms with Crippen molar-refractivity contribution in [3.05, 3.63) is 24.3 Å². The van der Waals surface area contributed by atoms with E-state index >= 15 is 0 Å². The van der Waals surface area contributed by atoms with E-state index in [2.05, 4.69) is 5.32 Å². The van der Waals surface area contributed by atoms with Crippen LogP contribution < -0.4 is 10.2 Å². The largest absolute Gasteiger partial charge is 0.327 e. The molecule has 2 aliphatic heterocycles. The summed E-state index contributed by atoms with van der Waals surface area (Å²) < 4.78 is 26.9. The van der Waals surface area contributed by atoms with Gasteiger partial charge in [0.15, 0.2) is 6.54 Å². The molecule has 2 fully saturated rings. The molecule has 0 saturated carbocycles. The number of hydrogen-bond acceptors (Lipinski definition) is 3. The molecule has 3 rings (SSSR count). The molecule has 0 radical (unpaired) electrons. The zero-order valence-corrected chi connectivity index (χ0v) is 16.2. The Morgan fingerprint density at radius 1 is 0.923 bits per heavy atom. The molecular formula is C19H30N3O3S+. The van der Waals surface area contributed by atoms with E-state index in [0.717, 1.165) is 32.4 Å². The van der Waals surface area contributed by atoms with Crippen molar-refractivity contribution >= 4 is 21.6 Å². The molecule has 0 aliphatic carbocycles. The van der Waals surface area contributed by atoms with Gasteiger partial charge in [-0.05, 0) is 62.8 Å². The summed E-state index contributed by atoms with van der Waals surface area (Å²) in [5.41, 5.74) is 0.654. The van der Waals surface area contributed by atoms with Crippen LogP contribution in [-0.2, 0) is 14.8 Å². The van der Waals surface area contributed by atoms with Crippen molar-refractivity contribution in [1.29, 1.82) is 0 Å². The standard InChI is InChI=1S/C19H29N3O3S/c23-19(16-21-12-4-1-2-5-13-21)20-17-8-10-18(11-9-17)26(24,25)22-14-6-3-7-15-22/h8-11H,1-7,12-16H2,(H,20,23)/p+1. The predicted molar refractivity (Wildman–Crippen MR) is 102 cm³/mol. The van der Waals surface area contributed by atoms with Crippen LogP contribution in [-0.4, -0.2) is 51.4 Å². The van der Waals surface area contributed by atoms with E-state index in [9.17, 15) is 13.2 Å². The van der Waals surface area contributed by atoms with Gasteiger partial charge in [0.25, 0.3) is 5.91 Å². The minimum Gasteiger partial charge on any atom is -0.327 e. The van der Waals surface area contributed by atoms with Gasteiger partial charge >= 0.3 is 0 Å². The zero-order valence-electron chi connectivity index (χ0n) is 15.4. The van der Waals surface area contributed by atoms with E-state index in [1.54, 1.807) is 28.6 Å². The average Bonchev–Trinajstić information content (AvgIpc) is 2.91. The number of nitrogens with zero attached hydrogens (tertiary/aromatic N) is 1. The van der Waals surface area contributed by atoms with Crippen LogP contribution in [0.5, 0.6) is 0 Å². The number of quaternary nitrogens is 1. The van der Waals surface area contributed by atoms with Crippen LogP contribution >= 0.6 is 0 Å². The van der Waals surface area contributed by atoms with Crippen molar-refractivity contribution in [2.24, 2.45) is 0 Å². The highest BCUT2D eigenvalue weighted by Crippen LogP contribution is 2.21. The van der Waals surface area contributed by atoms with Gasteiger partial charge in [0.1, 0.15) is 0 Å². The molecule has 7 heteroatoms. The maximum Gasteiger partial charge on any atom is 0.279 e. The summed E-state index contributed by atoms with van der Waals surface area (Å²) in [6.07, 6.45) is 7.84. The highest BCUT2D eigenvalue weighted by atomic mass is 32.2. The molecule has 0 spiro atoms. The molecule has 144 valence electrons. The molecule has 0 atom stereocenters. The molecule has 2 saturated heterocycles. The van der Waals surface area contributed by atoms with E-state index < -0.39 is 10.0 Å². The van der Waals surface area contributed by atoms with Gasteiger partial charge in [0, 0.05) is 18.8 Å². The minimum atomic E-state index is -3.42. The molecule has 0 unspecified atom stereocenters. The average molecular weight is 381 g/mol. The molecule has 1 aromatic carbocycles. The third-order valence-corrected chi connectivity index (χ3v) is 7.22. The fourth-order valence-electron chi connectivity index (χ4n) is 3.80. The van der Waals surface area contributed by atoms with E-state index in [1.807, 2.05) is 0 Å². The zero-order chi connectivity index (χ0) is 18.4. The fraction of sp³-hybridized carbons (Fsp3) is 0.632. The van der Waals surface area contributed by atoms with Crippen molar-refractivity contribution in [3.63, 3.8) is 0 Å². The molecular weight excluding hydrogens is 350 g/mol. The van der Waals surface area contributed by atoms with Gasteiger partial charge in [-0.1, -0.05) is 6.42 Å². The number of amides is 1. The van der Waals surface area contributed by atoms with Crippen LogP contribution in [0, 0.1) is 0 Å². The topological polar surface area (TPSA) is 70.9 Å². The highest BCUT2D eigenvalue weighted by molar-refractivity contribution is 7.89. The number of piperidine rings is 1. The lowest BCUT2D eigenvalue weighted by molar-refractivity contribution is -0.890. The highest BCUT2D eigenvalue weighted by Gasteiger charge is 2.25. The summed E-state index contributed by atoms with van der Waals surface area (Å²) in [5.74, 6) is -0.00598. The Hall–Kier alpha value is -1.44. The number of rotatable bonds is 5. The maximum absolute atomic E-state index is 12.7. The monoisotopic (exact) mass is 380 g/mol. The number of sulfonamides is 1. The smallest absolute Gasteiger partial charge is 0.279 e. The number of carbonyl (C=O) groups excluding carboxylic acids is 1. The Morgan fingerprint density at radius 2 is 1.50 bits per heavy atom. The van der Waals surface area contributed by atoms with Crippen molar-refractivity contribution in [3.8, 4) is 0 Å². The van der Waals surface area contributed by atoms with Gasteiger partial charge in [-0.3, -0.25) is 4.79 Å². The lowest BCUT2D eigenvalue weighted by atomic mass is 10.2. The number of anilines is 1. The van der Waals surface area contributed by atoms with Gasteiger partial charge < -0.3 is 10.2 Å². The number of nitrogens with one attached hydrogen (secondary N) is 2. The van der Waals surface area contributed by atoms with Gasteiger partial charge in [-0.25, -0.2) is 8.42 Å². The third-order valence-electron chi connectivity index (χ3n) is 5.31. The van der Waals surface area contributed by atoms with Crippen molar-refractivity contribution in [2.45, 2.75) is 49.8 Å². The Morgan fingerprint density at radius 3 is 2.12 bits per heavy atom. The van der Waals surface area contributed by atoms with Crippen LogP contribution in [0.4, 0.5) is 5.69 Å². The first-order chi connectivity index (χ1) is 12.6. The first kappa shape index (κ1) is 19.3. The predicted octanol–water partition coefficient (Wildman–Crippen LogP) is 1.26. The van der Waals surface area contributed by atoms with Crippen molar-refractivity contribution in [2.75, 3.05) is 38.0 Å². The van der Waals surface area contributed by atoms with Crippen molar-refractivity contribution in [1.82, 2.24) is 4.31 Å². The van der Waals surface area contributed by atoms with Crippen LogP contribution in [0.1, 0.15) is 44.9 Å². The summed E-state index contributed by atoms with van der Waals surface area (Å²) >= 11 is 0. The summed E-state index contributed by atoms with van der Waals surface area (Å²) in [5, 5.41) is 2.90. The molecule has 0 bridgehead atoms. The Balaban J connectivity index is 1.57. The molecule has 2 aliphatic rings. The number of benzene rings is 1. The van der Waals surface area contributed by atoms with Crippen LogP contribution in [0.25, 0.3) is 0 Å². The van der Waals surface area contributed by atoms with Crippen LogP contribution in [0.2, 0.25) is 0 Å². The second-order valence-corrected chi connectivity index (χ2v) is 9.32. The number of hydrogen-bond donors (Lipinski definition) is 2. The molecule has 2 heterocycles. The van der Waals surface area contributed by atoms with E-state index in [1.165, 1.54) is 30.6 Å². The van der Waals surface area contributed by atoms with Crippen LogP contribution in [0.15, 0.2) is 29.2 Å². The number of carbonyl (C=O) groups is 1. The molecule has 26 heavy (non-hydrogen) atoms. The maximum atomic E-state index is 12.7. The summed E-state index contributed by atoms with van der Waals surface area (Å²) in [6, 6.07) is 6.57. The third kappa shape index (κ3) is 5.05. The Bertz CT molecular complexity index is 689. The van der Waals surface area contributed by atoms with Gasteiger partial charge in [0.2, 0.25) is 10.0 Å². The molecule has 0 aromatic heterocycles. The van der Waals surface area contributed by atoms with Gasteiger partial charge in [-0.15, -0.1) is 0 Å². The lowest BCUT2D eigenvalue weighted by Crippen LogP contribution is -3.12. The molecule has 1 amide bonds. The van der Waals surface area contributed by atoms with Gasteiger partial charge in [-0.2, -0.15) is 4.31 Å². The summed E-state index contributed by atoms with van der Waals surface area (Å²) in [4.78, 5) is 13.9. The minimum absolute atomic E-state index is 0.00598. The molecule has 1 aromatic rings. The normalized spacial score (nSPS) is 20.5. The number of likely N-dealkylation sites (tertiary alicyclic amines) is 1. The first-order valence-electron chi connectivity index (χ1n) is 9.79. The first-order valence-corrected chi connectivity index (χ1v) is 11.2. The van der Waals surface area contributed by atoms with E-state index in [-0.39, 0.29) is 5.91 Å². The fourth-order valence-corrected chi connectivity index (χ4v) is 5.32. The Labute approximate surface area is 156 Å². The SMILES string of the molecule is O=C(C[NH+]1CCCCCC1)Nc1ccc(S(=O)(=O)N2CCCCC2)cc1. The molecule has 6 nitrogen and oxygen atoms in total. The second-order valence-electron chi connectivity index (χ2n) is 7.38. The Kier molecular flexibility index (Phi) is 6.67.